The molecular weight excluding hydrogens is 366 g/mol. The molecule has 1 fully saturated rings. The lowest BCUT2D eigenvalue weighted by Gasteiger charge is -2.22. The quantitative estimate of drug-likeness (QED) is 0.777. The van der Waals surface area contributed by atoms with Crippen LogP contribution in [0.15, 0.2) is 27.6 Å². The topological polar surface area (TPSA) is 75.9 Å². The Kier molecular flexibility index (Phi) is 5.88. The van der Waals surface area contributed by atoms with Crippen molar-refractivity contribution >= 4 is 10.0 Å². The Balaban J connectivity index is 1.72. The van der Waals surface area contributed by atoms with E-state index in [0.29, 0.717) is 30.3 Å². The molecule has 7 nitrogen and oxygen atoms in total. The second-order valence-corrected chi connectivity index (χ2v) is 8.91. The fourth-order valence-electron chi connectivity index (χ4n) is 3.46. The SMILES string of the molecule is COc1ccc(S(=O)(=O)N2CCCN(Cc3c(C)noc3C)CC2)cc1C. The molecule has 148 valence electrons. The molecule has 1 aromatic carbocycles. The Hall–Kier alpha value is -1.90. The number of ether oxygens (including phenoxy) is 1. The summed E-state index contributed by atoms with van der Waals surface area (Å²) in [6, 6.07) is 5.01. The molecule has 1 saturated heterocycles. The Morgan fingerprint density at radius 1 is 1.15 bits per heavy atom. The van der Waals surface area contributed by atoms with Crippen LogP contribution in [0.5, 0.6) is 5.75 Å². The van der Waals surface area contributed by atoms with Gasteiger partial charge in [0.25, 0.3) is 0 Å². The summed E-state index contributed by atoms with van der Waals surface area (Å²) in [5.41, 5.74) is 2.81. The van der Waals surface area contributed by atoms with Gasteiger partial charge in [0.2, 0.25) is 10.0 Å². The van der Waals surface area contributed by atoms with Gasteiger partial charge in [-0.05, 0) is 57.5 Å². The predicted molar refractivity (Wildman–Crippen MR) is 102 cm³/mol. The Labute approximate surface area is 160 Å². The van der Waals surface area contributed by atoms with Gasteiger partial charge in [0, 0.05) is 31.7 Å². The van der Waals surface area contributed by atoms with Gasteiger partial charge < -0.3 is 9.26 Å². The summed E-state index contributed by atoms with van der Waals surface area (Å²) >= 11 is 0. The largest absolute Gasteiger partial charge is 0.496 e. The van der Waals surface area contributed by atoms with Gasteiger partial charge in [-0.15, -0.1) is 0 Å². The standard InChI is InChI=1S/C19H27N3O4S/c1-14-12-17(6-7-19(14)25-4)27(23,24)22-9-5-8-21(10-11-22)13-18-15(2)20-26-16(18)3/h6-7,12H,5,8-11,13H2,1-4H3. The molecule has 0 unspecified atom stereocenters. The first kappa shape index (κ1) is 19.9. The lowest BCUT2D eigenvalue weighted by atomic mass is 10.2. The highest BCUT2D eigenvalue weighted by atomic mass is 32.2. The lowest BCUT2D eigenvalue weighted by Crippen LogP contribution is -2.35. The van der Waals surface area contributed by atoms with Crippen molar-refractivity contribution in [3.05, 3.63) is 40.8 Å². The van der Waals surface area contributed by atoms with Crippen LogP contribution in [0.4, 0.5) is 0 Å². The van der Waals surface area contributed by atoms with Crippen molar-refractivity contribution in [3.8, 4) is 5.75 Å². The minimum Gasteiger partial charge on any atom is -0.496 e. The molecule has 2 heterocycles. The van der Waals surface area contributed by atoms with Crippen LogP contribution in [-0.4, -0.2) is 56.1 Å². The summed E-state index contributed by atoms with van der Waals surface area (Å²) < 4.78 is 38.2. The van der Waals surface area contributed by atoms with Crippen molar-refractivity contribution in [2.45, 2.75) is 38.6 Å². The number of aromatic nitrogens is 1. The van der Waals surface area contributed by atoms with Crippen molar-refractivity contribution in [2.24, 2.45) is 0 Å². The van der Waals surface area contributed by atoms with Crippen LogP contribution >= 0.6 is 0 Å². The molecule has 1 aromatic heterocycles. The molecule has 1 aliphatic rings. The summed E-state index contributed by atoms with van der Waals surface area (Å²) in [5.74, 6) is 1.52. The van der Waals surface area contributed by atoms with Crippen LogP contribution in [0, 0.1) is 20.8 Å². The summed E-state index contributed by atoms with van der Waals surface area (Å²) in [5, 5.41) is 4.00. The van der Waals surface area contributed by atoms with Gasteiger partial charge in [0.1, 0.15) is 11.5 Å². The molecule has 0 saturated carbocycles. The molecule has 0 atom stereocenters. The van der Waals surface area contributed by atoms with E-state index >= 15 is 0 Å². The van der Waals surface area contributed by atoms with Crippen LogP contribution in [-0.2, 0) is 16.6 Å². The summed E-state index contributed by atoms with van der Waals surface area (Å²) in [6.07, 6.45) is 0.789. The van der Waals surface area contributed by atoms with E-state index in [2.05, 4.69) is 10.1 Å². The maximum Gasteiger partial charge on any atom is 0.243 e. The zero-order chi connectivity index (χ0) is 19.6. The van der Waals surface area contributed by atoms with Gasteiger partial charge in [-0.25, -0.2) is 8.42 Å². The van der Waals surface area contributed by atoms with Crippen molar-refractivity contribution in [1.29, 1.82) is 0 Å². The first-order chi connectivity index (χ1) is 12.8. The lowest BCUT2D eigenvalue weighted by molar-refractivity contribution is 0.276. The van der Waals surface area contributed by atoms with Gasteiger partial charge in [-0.2, -0.15) is 4.31 Å². The number of benzene rings is 1. The van der Waals surface area contributed by atoms with Crippen LogP contribution < -0.4 is 4.74 Å². The minimum atomic E-state index is -3.51. The number of hydrogen-bond acceptors (Lipinski definition) is 6. The van der Waals surface area contributed by atoms with E-state index in [-0.39, 0.29) is 0 Å². The van der Waals surface area contributed by atoms with Crippen molar-refractivity contribution < 1.29 is 17.7 Å². The third-order valence-electron chi connectivity index (χ3n) is 5.11. The maximum atomic E-state index is 13.1. The first-order valence-corrected chi connectivity index (χ1v) is 10.6. The highest BCUT2D eigenvalue weighted by Crippen LogP contribution is 2.25. The Bertz CT molecular complexity index is 888. The molecule has 0 radical (unpaired) electrons. The van der Waals surface area contributed by atoms with Crippen molar-refractivity contribution in [1.82, 2.24) is 14.4 Å². The van der Waals surface area contributed by atoms with Crippen LogP contribution in [0.3, 0.4) is 0 Å². The first-order valence-electron chi connectivity index (χ1n) is 9.12. The van der Waals surface area contributed by atoms with Gasteiger partial charge >= 0.3 is 0 Å². The zero-order valence-corrected chi connectivity index (χ0v) is 17.2. The summed E-state index contributed by atoms with van der Waals surface area (Å²) in [6.45, 7) is 8.95. The van der Waals surface area contributed by atoms with E-state index in [4.69, 9.17) is 9.26 Å². The molecule has 3 rings (SSSR count). The summed E-state index contributed by atoms with van der Waals surface area (Å²) in [4.78, 5) is 2.58. The van der Waals surface area contributed by atoms with E-state index < -0.39 is 10.0 Å². The van der Waals surface area contributed by atoms with E-state index in [1.165, 1.54) is 0 Å². The number of nitrogens with zero attached hydrogens (tertiary/aromatic N) is 3. The third-order valence-corrected chi connectivity index (χ3v) is 7.01. The highest BCUT2D eigenvalue weighted by Gasteiger charge is 2.28. The predicted octanol–water partition coefficient (Wildman–Crippen LogP) is 2.51. The number of rotatable bonds is 5. The van der Waals surface area contributed by atoms with Crippen LogP contribution in [0.1, 0.15) is 29.0 Å². The van der Waals surface area contributed by atoms with E-state index in [0.717, 1.165) is 42.1 Å². The molecule has 8 heteroatoms. The average molecular weight is 394 g/mol. The number of methoxy groups -OCH3 is 1. The minimum absolute atomic E-state index is 0.319. The van der Waals surface area contributed by atoms with E-state index in [9.17, 15) is 8.42 Å². The van der Waals surface area contributed by atoms with Gasteiger partial charge in [0.05, 0.1) is 17.7 Å². The number of hydrogen-bond donors (Lipinski definition) is 0. The molecule has 0 spiro atoms. The van der Waals surface area contributed by atoms with Crippen molar-refractivity contribution in [3.63, 3.8) is 0 Å². The molecule has 27 heavy (non-hydrogen) atoms. The van der Waals surface area contributed by atoms with Gasteiger partial charge in [0.15, 0.2) is 0 Å². The molecule has 2 aromatic rings. The summed E-state index contributed by atoms with van der Waals surface area (Å²) in [7, 11) is -1.93. The Morgan fingerprint density at radius 2 is 1.93 bits per heavy atom. The third kappa shape index (κ3) is 4.17. The molecular formula is C19H27N3O4S. The normalized spacial score (nSPS) is 17.0. The smallest absolute Gasteiger partial charge is 0.243 e. The number of aryl methyl sites for hydroxylation is 3. The van der Waals surface area contributed by atoms with Crippen LogP contribution in [0.25, 0.3) is 0 Å². The zero-order valence-electron chi connectivity index (χ0n) is 16.4. The van der Waals surface area contributed by atoms with Gasteiger partial charge in [-0.3, -0.25) is 4.90 Å². The number of sulfonamides is 1. The molecule has 0 aliphatic carbocycles. The molecule has 1 aliphatic heterocycles. The second-order valence-electron chi connectivity index (χ2n) is 6.97. The average Bonchev–Trinajstić information content (AvgIpc) is 2.84. The molecule has 0 bridgehead atoms. The Morgan fingerprint density at radius 3 is 2.56 bits per heavy atom. The highest BCUT2D eigenvalue weighted by molar-refractivity contribution is 7.89. The fraction of sp³-hybridized carbons (Fsp3) is 0.526. The van der Waals surface area contributed by atoms with Gasteiger partial charge in [-0.1, -0.05) is 5.16 Å². The van der Waals surface area contributed by atoms with Crippen LogP contribution in [0.2, 0.25) is 0 Å². The second kappa shape index (κ2) is 8.00. The maximum absolute atomic E-state index is 13.1. The monoisotopic (exact) mass is 393 g/mol. The fourth-order valence-corrected chi connectivity index (χ4v) is 5.01. The molecule has 0 N–H and O–H groups in total. The van der Waals surface area contributed by atoms with E-state index in [1.54, 1.807) is 29.6 Å². The molecule has 0 amide bonds. The van der Waals surface area contributed by atoms with E-state index in [1.807, 2.05) is 20.8 Å². The van der Waals surface area contributed by atoms with Crippen molar-refractivity contribution in [2.75, 3.05) is 33.3 Å².